The van der Waals surface area contributed by atoms with Crippen LogP contribution in [0.3, 0.4) is 0 Å². The molecule has 0 spiro atoms. The first-order chi connectivity index (χ1) is 10.8. The van der Waals surface area contributed by atoms with Gasteiger partial charge in [-0.2, -0.15) is 0 Å². The maximum absolute atomic E-state index is 13.2. The molecule has 0 bridgehead atoms. The van der Waals surface area contributed by atoms with Crippen molar-refractivity contribution in [1.29, 1.82) is 0 Å². The average Bonchev–Trinajstić information content (AvgIpc) is 2.46. The van der Waals surface area contributed by atoms with Gasteiger partial charge in [0.1, 0.15) is 11.6 Å². The van der Waals surface area contributed by atoms with E-state index in [-0.39, 0.29) is 17.4 Å². The van der Waals surface area contributed by atoms with Crippen molar-refractivity contribution in [1.82, 2.24) is 5.32 Å². The lowest BCUT2D eigenvalue weighted by molar-refractivity contribution is -0.122. The van der Waals surface area contributed by atoms with E-state index in [2.05, 4.69) is 5.32 Å². The van der Waals surface area contributed by atoms with Crippen molar-refractivity contribution in [3.8, 4) is 5.75 Å². The van der Waals surface area contributed by atoms with Crippen LogP contribution in [0.2, 0.25) is 5.02 Å². The van der Waals surface area contributed by atoms with Gasteiger partial charge < -0.3 is 10.1 Å². The Bertz CT molecular complexity index is 716. The highest BCUT2D eigenvalue weighted by Gasteiger charge is 2.25. The molecule has 0 saturated heterocycles. The van der Waals surface area contributed by atoms with Gasteiger partial charge in [0.2, 0.25) is 5.91 Å². The fourth-order valence-corrected chi connectivity index (χ4v) is 2.83. The molecule has 2 aromatic rings. The average molecular weight is 336 g/mol. The lowest BCUT2D eigenvalue weighted by Crippen LogP contribution is -2.42. The molecule has 0 unspecified atom stereocenters. The summed E-state index contributed by atoms with van der Waals surface area (Å²) in [5.74, 6) is 0.150. The van der Waals surface area contributed by atoms with Crippen molar-refractivity contribution in [2.24, 2.45) is 0 Å². The second-order valence-corrected chi connectivity index (χ2v) is 6.23. The molecule has 2 aromatic carbocycles. The van der Waals surface area contributed by atoms with Gasteiger partial charge in [-0.05, 0) is 49.2 Å². The number of methoxy groups -OCH3 is 1. The number of hydrogen-bond donors (Lipinski definition) is 1. The van der Waals surface area contributed by atoms with Crippen LogP contribution in [0, 0.1) is 5.82 Å². The maximum atomic E-state index is 13.2. The van der Waals surface area contributed by atoms with E-state index in [4.69, 9.17) is 16.3 Å². The second-order valence-electron chi connectivity index (χ2n) is 5.83. The Hall–Kier alpha value is -2.07. The fraction of sp³-hybridized carbons (Fsp3) is 0.278. The van der Waals surface area contributed by atoms with Crippen LogP contribution >= 0.6 is 11.6 Å². The number of halogens is 2. The molecule has 2 rings (SSSR count). The summed E-state index contributed by atoms with van der Waals surface area (Å²) in [6, 6.07) is 11.5. The van der Waals surface area contributed by atoms with Crippen molar-refractivity contribution in [2.75, 3.05) is 7.11 Å². The molecule has 3 nitrogen and oxygen atoms in total. The molecule has 0 aliphatic rings. The number of rotatable bonds is 5. The summed E-state index contributed by atoms with van der Waals surface area (Å²) in [6.45, 7) is 3.66. The standard InChI is InChI=1S/C18H19ClFNO2/c1-18(2,15-8-7-13(20)11-16(15)19)21-17(22)10-12-5-4-6-14(9-12)23-3/h4-9,11H,10H2,1-3H3,(H,21,22). The number of ether oxygens (including phenoxy) is 1. The van der Waals surface area contributed by atoms with Crippen molar-refractivity contribution >= 4 is 17.5 Å². The Labute approximate surface area is 140 Å². The van der Waals surface area contributed by atoms with Gasteiger partial charge in [-0.1, -0.05) is 29.8 Å². The van der Waals surface area contributed by atoms with Crippen LogP contribution in [0.5, 0.6) is 5.75 Å². The Morgan fingerprint density at radius 2 is 2.00 bits per heavy atom. The topological polar surface area (TPSA) is 38.3 Å². The third-order valence-electron chi connectivity index (χ3n) is 3.56. The van der Waals surface area contributed by atoms with Gasteiger partial charge in [0, 0.05) is 5.02 Å². The van der Waals surface area contributed by atoms with Gasteiger partial charge in [-0.3, -0.25) is 4.79 Å². The van der Waals surface area contributed by atoms with Crippen molar-refractivity contribution in [2.45, 2.75) is 25.8 Å². The lowest BCUT2D eigenvalue weighted by atomic mass is 9.93. The number of hydrogen-bond acceptors (Lipinski definition) is 2. The molecule has 0 saturated carbocycles. The molecule has 1 amide bonds. The van der Waals surface area contributed by atoms with Gasteiger partial charge in [-0.15, -0.1) is 0 Å². The predicted molar refractivity (Wildman–Crippen MR) is 89.3 cm³/mol. The van der Waals surface area contributed by atoms with E-state index in [1.165, 1.54) is 12.1 Å². The Kier molecular flexibility index (Phi) is 5.26. The smallest absolute Gasteiger partial charge is 0.225 e. The summed E-state index contributed by atoms with van der Waals surface area (Å²) in [7, 11) is 1.58. The third-order valence-corrected chi connectivity index (χ3v) is 3.87. The minimum atomic E-state index is -0.708. The van der Waals surface area contributed by atoms with Crippen LogP contribution in [0.1, 0.15) is 25.0 Å². The SMILES string of the molecule is COc1cccc(CC(=O)NC(C)(C)c2ccc(F)cc2Cl)c1. The molecular weight excluding hydrogens is 317 g/mol. The zero-order valence-electron chi connectivity index (χ0n) is 13.3. The first-order valence-electron chi connectivity index (χ1n) is 7.21. The molecule has 0 aliphatic carbocycles. The summed E-state index contributed by atoms with van der Waals surface area (Å²) in [4.78, 5) is 12.3. The van der Waals surface area contributed by atoms with Crippen LogP contribution in [-0.4, -0.2) is 13.0 Å². The zero-order valence-corrected chi connectivity index (χ0v) is 14.1. The van der Waals surface area contributed by atoms with Crippen LogP contribution in [-0.2, 0) is 16.8 Å². The number of benzene rings is 2. The van der Waals surface area contributed by atoms with E-state index < -0.39 is 11.4 Å². The molecule has 0 aromatic heterocycles. The molecular formula is C18H19ClFNO2. The van der Waals surface area contributed by atoms with Crippen LogP contribution in [0.25, 0.3) is 0 Å². The Balaban J connectivity index is 2.11. The van der Waals surface area contributed by atoms with Gasteiger partial charge >= 0.3 is 0 Å². The van der Waals surface area contributed by atoms with Gasteiger partial charge in [0.05, 0.1) is 19.1 Å². The minimum absolute atomic E-state index is 0.149. The van der Waals surface area contributed by atoms with Crippen LogP contribution < -0.4 is 10.1 Å². The number of amides is 1. The summed E-state index contributed by atoms with van der Waals surface area (Å²) in [6.07, 6.45) is 0.222. The highest BCUT2D eigenvalue weighted by Crippen LogP contribution is 2.28. The molecule has 23 heavy (non-hydrogen) atoms. The summed E-state index contributed by atoms with van der Waals surface area (Å²) in [5, 5.41) is 3.22. The summed E-state index contributed by atoms with van der Waals surface area (Å²) < 4.78 is 18.3. The largest absolute Gasteiger partial charge is 0.497 e. The zero-order chi connectivity index (χ0) is 17.0. The summed E-state index contributed by atoms with van der Waals surface area (Å²) in [5.41, 5.74) is 0.809. The molecule has 0 fully saturated rings. The van der Waals surface area contributed by atoms with Crippen molar-refractivity contribution < 1.29 is 13.9 Å². The second kappa shape index (κ2) is 7.01. The van der Waals surface area contributed by atoms with Gasteiger partial charge in [-0.25, -0.2) is 4.39 Å². The van der Waals surface area contributed by atoms with Crippen LogP contribution in [0.15, 0.2) is 42.5 Å². The Morgan fingerprint density at radius 3 is 2.65 bits per heavy atom. The third kappa shape index (κ3) is 4.45. The monoisotopic (exact) mass is 335 g/mol. The maximum Gasteiger partial charge on any atom is 0.225 e. The minimum Gasteiger partial charge on any atom is -0.497 e. The molecule has 122 valence electrons. The lowest BCUT2D eigenvalue weighted by Gasteiger charge is -2.28. The summed E-state index contributed by atoms with van der Waals surface area (Å²) >= 11 is 6.09. The predicted octanol–water partition coefficient (Wildman–Crippen LogP) is 4.08. The van der Waals surface area contributed by atoms with Gasteiger partial charge in [0.25, 0.3) is 0 Å². The van der Waals surface area contributed by atoms with Gasteiger partial charge in [0.15, 0.2) is 0 Å². The number of carbonyl (C=O) groups is 1. The van der Waals surface area contributed by atoms with E-state index >= 15 is 0 Å². The van der Waals surface area contributed by atoms with Crippen LogP contribution in [0.4, 0.5) is 4.39 Å². The quantitative estimate of drug-likeness (QED) is 0.894. The highest BCUT2D eigenvalue weighted by atomic mass is 35.5. The normalized spacial score (nSPS) is 11.2. The van der Waals surface area contributed by atoms with E-state index in [0.717, 1.165) is 5.56 Å². The first-order valence-corrected chi connectivity index (χ1v) is 7.59. The highest BCUT2D eigenvalue weighted by molar-refractivity contribution is 6.31. The van der Waals surface area contributed by atoms with E-state index in [1.54, 1.807) is 13.2 Å². The molecule has 0 atom stereocenters. The fourth-order valence-electron chi connectivity index (χ4n) is 2.42. The van der Waals surface area contributed by atoms with Crippen molar-refractivity contribution in [3.63, 3.8) is 0 Å². The molecule has 0 aliphatic heterocycles. The van der Waals surface area contributed by atoms with Crippen molar-refractivity contribution in [3.05, 3.63) is 64.4 Å². The van der Waals surface area contributed by atoms with E-state index in [1.807, 2.05) is 38.1 Å². The van der Waals surface area contributed by atoms with E-state index in [0.29, 0.717) is 11.3 Å². The Morgan fingerprint density at radius 1 is 1.26 bits per heavy atom. The first kappa shape index (κ1) is 17.3. The van der Waals surface area contributed by atoms with E-state index in [9.17, 15) is 9.18 Å². The molecule has 5 heteroatoms. The molecule has 1 N–H and O–H groups in total. The number of nitrogens with one attached hydrogen (secondary N) is 1. The number of carbonyl (C=O) groups excluding carboxylic acids is 1. The molecule has 0 radical (unpaired) electrons. The molecule has 0 heterocycles.